The van der Waals surface area contributed by atoms with Gasteiger partial charge in [-0.25, -0.2) is 14.5 Å². The van der Waals surface area contributed by atoms with Crippen molar-refractivity contribution in [3.63, 3.8) is 0 Å². The number of amides is 3. The lowest BCUT2D eigenvalue weighted by Gasteiger charge is -2.32. The van der Waals surface area contributed by atoms with Crippen LogP contribution in [0.2, 0.25) is 0 Å². The number of imide groups is 1. The number of carbonyl (C=O) groups excluding carboxylic acids is 4. The normalized spacial score (nSPS) is 13.2. The third kappa shape index (κ3) is 6.99. The van der Waals surface area contributed by atoms with Crippen LogP contribution in [-0.4, -0.2) is 53.6 Å². The minimum Gasteiger partial charge on any atom is -0.467 e. The third-order valence-corrected chi connectivity index (χ3v) is 3.62. The average molecular weight is 393 g/mol. The number of nitrogens with two attached hydrogens (primary N) is 2. The molecule has 4 N–H and O–H groups in total. The summed E-state index contributed by atoms with van der Waals surface area (Å²) in [6, 6.07) is 6.02. The van der Waals surface area contributed by atoms with E-state index in [0.717, 1.165) is 7.11 Å². The molecule has 1 rings (SSSR count). The van der Waals surface area contributed by atoms with Crippen LogP contribution in [0.15, 0.2) is 30.3 Å². The first-order valence-electron chi connectivity index (χ1n) is 8.68. The molecule has 2 atom stereocenters. The zero-order valence-corrected chi connectivity index (χ0v) is 16.5. The second-order valence-corrected chi connectivity index (χ2v) is 7.19. The number of nitrogens with zero attached hydrogens (tertiary/aromatic N) is 1. The Morgan fingerprint density at radius 2 is 1.68 bits per heavy atom. The lowest BCUT2D eigenvalue weighted by atomic mass is 10.0. The second kappa shape index (κ2) is 9.84. The smallest absolute Gasteiger partial charge is 0.417 e. The summed E-state index contributed by atoms with van der Waals surface area (Å²) >= 11 is 0. The fourth-order valence-corrected chi connectivity index (χ4v) is 2.42. The quantitative estimate of drug-likeness (QED) is 0.650. The fraction of sp³-hybridized carbons (Fsp3) is 0.474. The fourth-order valence-electron chi connectivity index (χ4n) is 2.42. The van der Waals surface area contributed by atoms with Gasteiger partial charge in [0.2, 0.25) is 11.8 Å². The van der Waals surface area contributed by atoms with Gasteiger partial charge in [-0.2, -0.15) is 0 Å². The van der Waals surface area contributed by atoms with Crippen LogP contribution in [-0.2, 0) is 30.3 Å². The molecule has 0 aliphatic heterocycles. The zero-order chi connectivity index (χ0) is 21.5. The molecule has 0 fully saturated rings. The van der Waals surface area contributed by atoms with Crippen molar-refractivity contribution in [1.29, 1.82) is 0 Å². The number of methoxy groups -OCH3 is 1. The van der Waals surface area contributed by atoms with Crippen LogP contribution in [0.25, 0.3) is 0 Å². The summed E-state index contributed by atoms with van der Waals surface area (Å²) in [6.07, 6.45) is -1.57. The molecule has 3 amide bonds. The maximum absolute atomic E-state index is 12.8. The highest BCUT2D eigenvalue weighted by molar-refractivity contribution is 6.00. The van der Waals surface area contributed by atoms with Crippen molar-refractivity contribution < 1.29 is 28.7 Å². The molecular weight excluding hydrogens is 366 g/mol. The molecule has 0 aliphatic rings. The molecule has 0 saturated carbocycles. The Labute approximate surface area is 163 Å². The van der Waals surface area contributed by atoms with Crippen LogP contribution in [0.3, 0.4) is 0 Å². The van der Waals surface area contributed by atoms with Crippen LogP contribution in [0, 0.1) is 0 Å². The largest absolute Gasteiger partial charge is 0.467 e. The molecule has 9 nitrogen and oxygen atoms in total. The van der Waals surface area contributed by atoms with E-state index >= 15 is 0 Å². The summed E-state index contributed by atoms with van der Waals surface area (Å²) in [5, 5.41) is 0. The first kappa shape index (κ1) is 23.1. The third-order valence-electron chi connectivity index (χ3n) is 3.62. The van der Waals surface area contributed by atoms with Gasteiger partial charge in [-0.05, 0) is 26.3 Å². The zero-order valence-electron chi connectivity index (χ0n) is 16.5. The second-order valence-electron chi connectivity index (χ2n) is 7.19. The summed E-state index contributed by atoms with van der Waals surface area (Å²) in [4.78, 5) is 49.8. The van der Waals surface area contributed by atoms with Gasteiger partial charge in [-0.1, -0.05) is 30.3 Å². The van der Waals surface area contributed by atoms with Crippen molar-refractivity contribution in [3.8, 4) is 0 Å². The van der Waals surface area contributed by atoms with E-state index in [4.69, 9.17) is 20.9 Å². The minimum atomic E-state index is -1.41. The molecule has 9 heteroatoms. The van der Waals surface area contributed by atoms with E-state index in [9.17, 15) is 19.2 Å². The Balaban J connectivity index is 3.32. The van der Waals surface area contributed by atoms with E-state index in [1.807, 2.05) is 0 Å². The molecule has 0 spiro atoms. The molecule has 1 aromatic carbocycles. The van der Waals surface area contributed by atoms with Crippen molar-refractivity contribution in [2.24, 2.45) is 11.5 Å². The molecule has 0 unspecified atom stereocenters. The first-order valence-corrected chi connectivity index (χ1v) is 8.68. The highest BCUT2D eigenvalue weighted by atomic mass is 16.6. The Hall–Kier alpha value is -2.94. The van der Waals surface area contributed by atoms with E-state index in [0.29, 0.717) is 10.5 Å². The Kier molecular flexibility index (Phi) is 8.12. The van der Waals surface area contributed by atoms with Gasteiger partial charge in [0.1, 0.15) is 11.6 Å². The van der Waals surface area contributed by atoms with Crippen molar-refractivity contribution >= 4 is 23.9 Å². The van der Waals surface area contributed by atoms with Crippen LogP contribution < -0.4 is 11.5 Å². The Bertz CT molecular complexity index is 714. The summed E-state index contributed by atoms with van der Waals surface area (Å²) < 4.78 is 10.1. The van der Waals surface area contributed by atoms with Gasteiger partial charge >= 0.3 is 12.1 Å². The number of hydrogen-bond acceptors (Lipinski definition) is 7. The predicted molar refractivity (Wildman–Crippen MR) is 101 cm³/mol. The number of esters is 1. The van der Waals surface area contributed by atoms with Crippen LogP contribution in [0.1, 0.15) is 32.8 Å². The lowest BCUT2D eigenvalue weighted by Crippen LogP contribution is -2.56. The SMILES string of the molecule is COC(=O)[C@H](Cc1ccccc1)N(C(=O)OC(C)(C)C)C(=O)[C@@H](N)CC(N)=O. The van der Waals surface area contributed by atoms with Crippen molar-refractivity contribution in [2.45, 2.75) is 51.3 Å². The molecule has 0 radical (unpaired) electrons. The van der Waals surface area contributed by atoms with E-state index in [1.165, 1.54) is 0 Å². The van der Waals surface area contributed by atoms with E-state index in [2.05, 4.69) is 0 Å². The van der Waals surface area contributed by atoms with Gasteiger partial charge in [-0.3, -0.25) is 9.59 Å². The van der Waals surface area contributed by atoms with Gasteiger partial charge < -0.3 is 20.9 Å². The van der Waals surface area contributed by atoms with Crippen molar-refractivity contribution in [2.75, 3.05) is 7.11 Å². The van der Waals surface area contributed by atoms with Crippen LogP contribution in [0.5, 0.6) is 0 Å². The van der Waals surface area contributed by atoms with Crippen LogP contribution >= 0.6 is 0 Å². The molecular formula is C19H27N3O6. The standard InChI is InChI=1S/C19H27N3O6/c1-19(2,3)28-18(26)22(16(24)13(20)11-15(21)23)14(17(25)27-4)10-12-8-6-5-7-9-12/h5-9,13-14H,10-11,20H2,1-4H3,(H2,21,23)/t13-,14-/m0/s1. The summed E-state index contributed by atoms with van der Waals surface area (Å²) in [6.45, 7) is 4.84. The number of carbonyl (C=O) groups is 4. The number of primary amides is 1. The first-order chi connectivity index (χ1) is 13.0. The van der Waals surface area contributed by atoms with E-state index < -0.39 is 48.0 Å². The maximum Gasteiger partial charge on any atom is 0.417 e. The highest BCUT2D eigenvalue weighted by Crippen LogP contribution is 2.18. The summed E-state index contributed by atoms with van der Waals surface area (Å²) in [7, 11) is 1.14. The number of benzene rings is 1. The van der Waals surface area contributed by atoms with Gasteiger partial charge in [0.15, 0.2) is 0 Å². The molecule has 0 saturated heterocycles. The molecule has 0 aromatic heterocycles. The lowest BCUT2D eigenvalue weighted by molar-refractivity contribution is -0.152. The summed E-state index contributed by atoms with van der Waals surface area (Å²) in [5.74, 6) is -2.60. The molecule has 0 aliphatic carbocycles. The van der Waals surface area contributed by atoms with Crippen molar-refractivity contribution in [1.82, 2.24) is 4.90 Å². The minimum absolute atomic E-state index is 0.0121. The number of hydrogen-bond donors (Lipinski definition) is 2. The van der Waals surface area contributed by atoms with Crippen molar-refractivity contribution in [3.05, 3.63) is 35.9 Å². The number of rotatable bonds is 7. The molecule has 0 heterocycles. The summed E-state index contributed by atoms with van der Waals surface area (Å²) in [5.41, 5.74) is 10.6. The topological polar surface area (TPSA) is 142 Å². The Morgan fingerprint density at radius 3 is 2.14 bits per heavy atom. The van der Waals surface area contributed by atoms with E-state index in [-0.39, 0.29) is 6.42 Å². The average Bonchev–Trinajstić information content (AvgIpc) is 2.59. The number of ether oxygens (including phenoxy) is 2. The molecule has 28 heavy (non-hydrogen) atoms. The van der Waals surface area contributed by atoms with Gasteiger partial charge in [0.05, 0.1) is 19.6 Å². The van der Waals surface area contributed by atoms with Gasteiger partial charge in [0.25, 0.3) is 0 Å². The highest BCUT2D eigenvalue weighted by Gasteiger charge is 2.40. The van der Waals surface area contributed by atoms with Gasteiger partial charge in [0, 0.05) is 6.42 Å². The molecule has 0 bridgehead atoms. The monoisotopic (exact) mass is 393 g/mol. The molecule has 154 valence electrons. The van der Waals surface area contributed by atoms with Gasteiger partial charge in [-0.15, -0.1) is 0 Å². The molecule has 1 aromatic rings. The van der Waals surface area contributed by atoms with E-state index in [1.54, 1.807) is 51.1 Å². The Morgan fingerprint density at radius 1 is 1.11 bits per heavy atom. The predicted octanol–water partition coefficient (Wildman–Crippen LogP) is 0.737. The van der Waals surface area contributed by atoms with Crippen LogP contribution in [0.4, 0.5) is 4.79 Å². The maximum atomic E-state index is 12.8.